The Morgan fingerprint density at radius 3 is 1.24 bits per heavy atom. The quantitative estimate of drug-likeness (QED) is 0.229. The van der Waals surface area contributed by atoms with E-state index in [0.29, 0.717) is 22.5 Å². The van der Waals surface area contributed by atoms with Gasteiger partial charge in [-0.15, -0.1) is 0 Å². The average molecular weight is 569 g/mol. The zero-order valence-electron chi connectivity index (χ0n) is 24.6. The molecule has 3 aromatic carbocycles. The summed E-state index contributed by atoms with van der Waals surface area (Å²) in [5.74, 6) is 2.76. The van der Waals surface area contributed by atoms with E-state index in [2.05, 4.69) is 10.6 Å². The number of carbonyl (C=O) groups is 2. The second-order valence-corrected chi connectivity index (χ2v) is 11.8. The number of anilines is 2. The van der Waals surface area contributed by atoms with E-state index in [1.807, 2.05) is 48.5 Å². The van der Waals surface area contributed by atoms with E-state index in [-0.39, 0.29) is 11.8 Å². The second-order valence-electron chi connectivity index (χ2n) is 11.8. The van der Waals surface area contributed by atoms with Gasteiger partial charge in [-0.1, -0.05) is 64.2 Å². The number of benzene rings is 3. The van der Waals surface area contributed by atoms with Gasteiger partial charge in [0.25, 0.3) is 11.8 Å². The van der Waals surface area contributed by atoms with E-state index in [0.717, 1.165) is 49.4 Å². The minimum absolute atomic E-state index is 0.230. The number of ether oxygens (including phenoxy) is 2. The van der Waals surface area contributed by atoms with Gasteiger partial charge >= 0.3 is 0 Å². The summed E-state index contributed by atoms with van der Waals surface area (Å²) in [4.78, 5) is 25.5. The molecule has 6 heteroatoms. The Balaban J connectivity index is 1.03. The van der Waals surface area contributed by atoms with Crippen molar-refractivity contribution < 1.29 is 19.1 Å². The molecule has 2 aliphatic carbocycles. The van der Waals surface area contributed by atoms with Gasteiger partial charge in [0.1, 0.15) is 11.5 Å². The van der Waals surface area contributed by atoms with Crippen molar-refractivity contribution in [2.45, 2.75) is 77.0 Å². The standard InChI is InChI=1S/C36H44N2O4/c39-35(37-31-15-19-33(20-16-31)41-25-23-27-7-3-1-4-8-27)29-11-13-30(14-12-29)36(40)38-32-17-21-34(22-18-32)42-26-24-28-9-5-2-6-10-28/h11-22,27-28H,1-10,23-26H2,(H,37,39)(H,38,40). The van der Waals surface area contributed by atoms with E-state index >= 15 is 0 Å². The molecule has 0 bridgehead atoms. The molecule has 0 aromatic heterocycles. The number of hydrogen-bond acceptors (Lipinski definition) is 4. The molecule has 0 unspecified atom stereocenters. The van der Waals surface area contributed by atoms with E-state index < -0.39 is 0 Å². The summed E-state index contributed by atoms with van der Waals surface area (Å²) in [5.41, 5.74) is 2.36. The van der Waals surface area contributed by atoms with Crippen molar-refractivity contribution in [1.29, 1.82) is 0 Å². The molecule has 2 saturated carbocycles. The summed E-state index contributed by atoms with van der Waals surface area (Å²) in [6, 6.07) is 21.6. The SMILES string of the molecule is O=C(Nc1ccc(OCCC2CCCCC2)cc1)c1ccc(C(=O)Nc2ccc(OCCC3CCCCC3)cc2)cc1. The normalized spacial score (nSPS) is 16.0. The number of hydrogen-bond donors (Lipinski definition) is 2. The Kier molecular flexibility index (Phi) is 10.9. The van der Waals surface area contributed by atoms with Crippen molar-refractivity contribution in [3.63, 3.8) is 0 Å². The molecule has 0 aliphatic heterocycles. The van der Waals surface area contributed by atoms with E-state index in [1.54, 1.807) is 24.3 Å². The molecule has 2 aliphatic rings. The molecule has 5 rings (SSSR count). The molecule has 2 fully saturated rings. The Hall–Kier alpha value is -3.80. The number of nitrogens with one attached hydrogen (secondary N) is 2. The lowest BCUT2D eigenvalue weighted by Crippen LogP contribution is -2.14. The van der Waals surface area contributed by atoms with Crippen LogP contribution in [0.3, 0.4) is 0 Å². The van der Waals surface area contributed by atoms with Crippen LogP contribution in [-0.2, 0) is 0 Å². The number of carbonyl (C=O) groups excluding carboxylic acids is 2. The van der Waals surface area contributed by atoms with Crippen LogP contribution in [0.5, 0.6) is 11.5 Å². The highest BCUT2D eigenvalue weighted by atomic mass is 16.5. The summed E-state index contributed by atoms with van der Waals surface area (Å²) >= 11 is 0. The lowest BCUT2D eigenvalue weighted by atomic mass is 9.87. The monoisotopic (exact) mass is 568 g/mol. The van der Waals surface area contributed by atoms with Crippen LogP contribution in [0.1, 0.15) is 97.8 Å². The zero-order chi connectivity index (χ0) is 29.0. The maximum Gasteiger partial charge on any atom is 0.255 e. The van der Waals surface area contributed by atoms with Gasteiger partial charge in [0.2, 0.25) is 0 Å². The van der Waals surface area contributed by atoms with Crippen molar-refractivity contribution in [3.05, 3.63) is 83.9 Å². The Morgan fingerprint density at radius 2 is 0.881 bits per heavy atom. The van der Waals surface area contributed by atoms with Crippen LogP contribution in [-0.4, -0.2) is 25.0 Å². The summed E-state index contributed by atoms with van der Waals surface area (Å²) in [5, 5.41) is 5.83. The highest BCUT2D eigenvalue weighted by Crippen LogP contribution is 2.28. The third kappa shape index (κ3) is 9.10. The second kappa shape index (κ2) is 15.4. The molecular weight excluding hydrogens is 524 g/mol. The molecule has 222 valence electrons. The van der Waals surface area contributed by atoms with Crippen LogP contribution in [0, 0.1) is 11.8 Å². The first-order valence-electron chi connectivity index (χ1n) is 15.8. The van der Waals surface area contributed by atoms with Crippen LogP contribution < -0.4 is 20.1 Å². The molecule has 0 saturated heterocycles. The highest BCUT2D eigenvalue weighted by Gasteiger charge is 2.15. The first-order valence-corrected chi connectivity index (χ1v) is 15.8. The van der Waals surface area contributed by atoms with Gasteiger partial charge in [-0.3, -0.25) is 9.59 Å². The molecule has 2 amide bonds. The molecule has 0 radical (unpaired) electrons. The van der Waals surface area contributed by atoms with Gasteiger partial charge in [-0.05, 0) is 97.5 Å². The molecule has 0 heterocycles. The first-order chi connectivity index (χ1) is 20.6. The van der Waals surface area contributed by atoms with E-state index in [1.165, 1.54) is 64.2 Å². The fourth-order valence-electron chi connectivity index (χ4n) is 6.09. The smallest absolute Gasteiger partial charge is 0.255 e. The van der Waals surface area contributed by atoms with Crippen molar-refractivity contribution >= 4 is 23.2 Å². The molecule has 0 spiro atoms. The van der Waals surface area contributed by atoms with Crippen molar-refractivity contribution in [2.24, 2.45) is 11.8 Å². The third-order valence-electron chi connectivity index (χ3n) is 8.67. The van der Waals surface area contributed by atoms with E-state index in [9.17, 15) is 9.59 Å². The summed E-state index contributed by atoms with van der Waals surface area (Å²) in [6.45, 7) is 1.47. The summed E-state index contributed by atoms with van der Waals surface area (Å²) < 4.78 is 11.8. The van der Waals surface area contributed by atoms with Crippen molar-refractivity contribution in [2.75, 3.05) is 23.8 Å². The minimum Gasteiger partial charge on any atom is -0.494 e. The first kappa shape index (κ1) is 29.7. The Labute approximate surface area is 250 Å². The van der Waals surface area contributed by atoms with Crippen molar-refractivity contribution in [1.82, 2.24) is 0 Å². The number of amides is 2. The summed E-state index contributed by atoms with van der Waals surface area (Å²) in [6.07, 6.45) is 15.6. The van der Waals surface area contributed by atoms with Crippen LogP contribution in [0.15, 0.2) is 72.8 Å². The largest absolute Gasteiger partial charge is 0.494 e. The highest BCUT2D eigenvalue weighted by molar-refractivity contribution is 6.07. The van der Waals surface area contributed by atoms with Crippen LogP contribution >= 0.6 is 0 Å². The van der Waals surface area contributed by atoms with Gasteiger partial charge in [-0.2, -0.15) is 0 Å². The maximum absolute atomic E-state index is 12.8. The Bertz CT molecular complexity index is 1160. The Morgan fingerprint density at radius 1 is 0.524 bits per heavy atom. The number of rotatable bonds is 12. The van der Waals surface area contributed by atoms with Gasteiger partial charge in [0.15, 0.2) is 0 Å². The fourth-order valence-corrected chi connectivity index (χ4v) is 6.09. The third-order valence-corrected chi connectivity index (χ3v) is 8.67. The predicted molar refractivity (Wildman–Crippen MR) is 169 cm³/mol. The molecule has 42 heavy (non-hydrogen) atoms. The molecular formula is C36H44N2O4. The zero-order valence-corrected chi connectivity index (χ0v) is 24.6. The summed E-state index contributed by atoms with van der Waals surface area (Å²) in [7, 11) is 0. The van der Waals surface area contributed by atoms with Gasteiger partial charge in [-0.25, -0.2) is 0 Å². The average Bonchev–Trinajstić information content (AvgIpc) is 3.04. The van der Waals surface area contributed by atoms with Crippen LogP contribution in [0.4, 0.5) is 11.4 Å². The molecule has 3 aromatic rings. The molecule has 0 atom stereocenters. The van der Waals surface area contributed by atoms with E-state index in [4.69, 9.17) is 9.47 Å². The van der Waals surface area contributed by atoms with Gasteiger partial charge in [0.05, 0.1) is 13.2 Å². The van der Waals surface area contributed by atoms with Crippen LogP contribution in [0.25, 0.3) is 0 Å². The minimum atomic E-state index is -0.230. The predicted octanol–water partition coefficient (Wildman–Crippen LogP) is 8.89. The van der Waals surface area contributed by atoms with Crippen molar-refractivity contribution in [3.8, 4) is 11.5 Å². The van der Waals surface area contributed by atoms with Gasteiger partial charge < -0.3 is 20.1 Å². The molecule has 2 N–H and O–H groups in total. The lowest BCUT2D eigenvalue weighted by Gasteiger charge is -2.21. The maximum atomic E-state index is 12.8. The fraction of sp³-hybridized carbons (Fsp3) is 0.444. The van der Waals surface area contributed by atoms with Gasteiger partial charge in [0, 0.05) is 22.5 Å². The topological polar surface area (TPSA) is 76.7 Å². The lowest BCUT2D eigenvalue weighted by molar-refractivity contribution is 0.101. The van der Waals surface area contributed by atoms with Crippen LogP contribution in [0.2, 0.25) is 0 Å². The molecule has 6 nitrogen and oxygen atoms in total.